The van der Waals surface area contributed by atoms with Gasteiger partial charge in [-0.2, -0.15) is 0 Å². The molecule has 2 amide bonds. The van der Waals surface area contributed by atoms with Crippen molar-refractivity contribution in [3.05, 3.63) is 64.1 Å². The third-order valence-corrected chi connectivity index (χ3v) is 8.13. The van der Waals surface area contributed by atoms with Crippen molar-refractivity contribution in [3.63, 3.8) is 0 Å². The zero-order valence-corrected chi connectivity index (χ0v) is 22.9. The number of anilines is 1. The summed E-state index contributed by atoms with van der Waals surface area (Å²) in [5, 5.41) is 3.11. The van der Waals surface area contributed by atoms with Crippen LogP contribution in [0.1, 0.15) is 50.2 Å². The van der Waals surface area contributed by atoms with Gasteiger partial charge in [0.2, 0.25) is 21.8 Å². The lowest BCUT2D eigenvalue weighted by Gasteiger charge is -2.33. The lowest BCUT2D eigenvalue weighted by molar-refractivity contribution is -0.139. The second kappa shape index (κ2) is 12.0. The van der Waals surface area contributed by atoms with Crippen LogP contribution in [0, 0.1) is 6.92 Å². The fraction of sp³-hybridized carbons (Fsp3) is 0.462. The number of sulfonamides is 1. The van der Waals surface area contributed by atoms with E-state index in [1.807, 2.05) is 31.2 Å². The Morgan fingerprint density at radius 2 is 1.77 bits per heavy atom. The molecule has 0 saturated heterocycles. The maximum atomic E-state index is 13.6. The first-order valence-electron chi connectivity index (χ1n) is 11.9. The van der Waals surface area contributed by atoms with Crippen molar-refractivity contribution < 1.29 is 18.0 Å². The summed E-state index contributed by atoms with van der Waals surface area (Å²) in [4.78, 5) is 28.3. The molecule has 0 spiro atoms. The molecule has 190 valence electrons. The Kier molecular flexibility index (Phi) is 9.35. The van der Waals surface area contributed by atoms with Crippen LogP contribution in [0.15, 0.2) is 53.0 Å². The first-order chi connectivity index (χ1) is 16.6. The van der Waals surface area contributed by atoms with Gasteiger partial charge in [0.15, 0.2) is 0 Å². The number of carbonyl (C=O) groups is 2. The summed E-state index contributed by atoms with van der Waals surface area (Å²) in [5.74, 6) is -0.655. The Labute approximate surface area is 217 Å². The highest BCUT2D eigenvalue weighted by Gasteiger charge is 2.31. The maximum absolute atomic E-state index is 13.6. The van der Waals surface area contributed by atoms with E-state index in [0.29, 0.717) is 10.2 Å². The second-order valence-electron chi connectivity index (χ2n) is 9.22. The highest BCUT2D eigenvalue weighted by molar-refractivity contribution is 9.10. The molecule has 2 aromatic rings. The largest absolute Gasteiger partial charge is 0.352 e. The molecule has 7 nitrogen and oxygen atoms in total. The molecule has 1 atom stereocenters. The van der Waals surface area contributed by atoms with Crippen LogP contribution in [-0.2, 0) is 26.2 Å². The van der Waals surface area contributed by atoms with Crippen molar-refractivity contribution in [3.8, 4) is 0 Å². The highest BCUT2D eigenvalue weighted by Crippen LogP contribution is 2.23. The van der Waals surface area contributed by atoms with Crippen LogP contribution in [0.4, 0.5) is 5.69 Å². The first kappa shape index (κ1) is 27.2. The zero-order chi connectivity index (χ0) is 25.6. The molecule has 9 heteroatoms. The number of nitrogens with zero attached hydrogens (tertiary/aromatic N) is 2. The van der Waals surface area contributed by atoms with Gasteiger partial charge in [-0.1, -0.05) is 65.5 Å². The van der Waals surface area contributed by atoms with Gasteiger partial charge in [-0.3, -0.25) is 13.9 Å². The molecular weight excluding hydrogens is 530 g/mol. The normalized spacial score (nSPS) is 15.3. The Hall–Kier alpha value is -2.39. The molecule has 3 rings (SSSR count). The summed E-state index contributed by atoms with van der Waals surface area (Å²) < 4.78 is 27.1. The predicted molar refractivity (Wildman–Crippen MR) is 143 cm³/mol. The van der Waals surface area contributed by atoms with E-state index < -0.39 is 28.5 Å². The van der Waals surface area contributed by atoms with Crippen molar-refractivity contribution in [2.75, 3.05) is 17.1 Å². The zero-order valence-electron chi connectivity index (χ0n) is 20.5. The van der Waals surface area contributed by atoms with E-state index in [-0.39, 0.29) is 18.5 Å². The Morgan fingerprint density at radius 3 is 2.40 bits per heavy atom. The van der Waals surface area contributed by atoms with E-state index in [2.05, 4.69) is 21.2 Å². The number of carbonyl (C=O) groups excluding carboxylic acids is 2. The van der Waals surface area contributed by atoms with Crippen molar-refractivity contribution in [2.24, 2.45) is 0 Å². The smallest absolute Gasteiger partial charge is 0.244 e. The van der Waals surface area contributed by atoms with Crippen molar-refractivity contribution >= 4 is 43.5 Å². The summed E-state index contributed by atoms with van der Waals surface area (Å²) in [6.45, 7) is 3.47. The van der Waals surface area contributed by atoms with Gasteiger partial charge in [-0.15, -0.1) is 0 Å². The number of rotatable bonds is 9. The fourth-order valence-corrected chi connectivity index (χ4v) is 5.60. The monoisotopic (exact) mass is 563 g/mol. The van der Waals surface area contributed by atoms with E-state index in [0.717, 1.165) is 47.4 Å². The van der Waals surface area contributed by atoms with Gasteiger partial charge in [0.25, 0.3) is 0 Å². The number of aryl methyl sites for hydroxylation is 1. The second-order valence-corrected chi connectivity index (χ2v) is 12.0. The predicted octanol–water partition coefficient (Wildman–Crippen LogP) is 4.39. The molecule has 1 fully saturated rings. The molecule has 0 unspecified atom stereocenters. The van der Waals surface area contributed by atoms with E-state index in [4.69, 9.17) is 0 Å². The summed E-state index contributed by atoms with van der Waals surface area (Å²) in [7, 11) is -3.75. The van der Waals surface area contributed by atoms with Crippen LogP contribution in [0.5, 0.6) is 0 Å². The third-order valence-electron chi connectivity index (χ3n) is 6.50. The quantitative estimate of drug-likeness (QED) is 0.490. The van der Waals surface area contributed by atoms with Gasteiger partial charge in [0.1, 0.15) is 12.6 Å². The van der Waals surface area contributed by atoms with E-state index in [1.54, 1.807) is 31.2 Å². The molecular formula is C26H34BrN3O4S. The van der Waals surface area contributed by atoms with Crippen molar-refractivity contribution in [1.82, 2.24) is 10.2 Å². The maximum Gasteiger partial charge on any atom is 0.244 e. The minimum atomic E-state index is -3.75. The van der Waals surface area contributed by atoms with Gasteiger partial charge in [0.05, 0.1) is 11.9 Å². The SMILES string of the molecule is Cc1ccccc1CN(C(=O)CN(c1cccc(Br)c1)S(C)(=O)=O)[C@H](C)C(=O)NC1CCCCC1. The molecule has 0 aromatic heterocycles. The first-order valence-corrected chi connectivity index (χ1v) is 14.6. The van der Waals surface area contributed by atoms with Crippen LogP contribution in [0.3, 0.4) is 0 Å². The molecule has 2 aromatic carbocycles. The summed E-state index contributed by atoms with van der Waals surface area (Å²) in [5.41, 5.74) is 2.29. The summed E-state index contributed by atoms with van der Waals surface area (Å²) in [6, 6.07) is 13.8. The lowest BCUT2D eigenvalue weighted by atomic mass is 9.95. The minimum Gasteiger partial charge on any atom is -0.352 e. The average molecular weight is 565 g/mol. The van der Waals surface area contributed by atoms with Gasteiger partial charge in [0, 0.05) is 17.1 Å². The van der Waals surface area contributed by atoms with Crippen LogP contribution in [0.2, 0.25) is 0 Å². The van der Waals surface area contributed by atoms with E-state index in [1.165, 1.54) is 11.3 Å². The van der Waals surface area contributed by atoms with Crippen LogP contribution in [0.25, 0.3) is 0 Å². The topological polar surface area (TPSA) is 86.8 Å². The molecule has 35 heavy (non-hydrogen) atoms. The number of hydrogen-bond donors (Lipinski definition) is 1. The number of hydrogen-bond acceptors (Lipinski definition) is 4. The molecule has 1 aliphatic rings. The van der Waals surface area contributed by atoms with E-state index in [9.17, 15) is 18.0 Å². The van der Waals surface area contributed by atoms with Gasteiger partial charge < -0.3 is 10.2 Å². The molecule has 0 aliphatic heterocycles. The minimum absolute atomic E-state index is 0.114. The Bertz CT molecular complexity index is 1150. The average Bonchev–Trinajstić information content (AvgIpc) is 2.81. The Balaban J connectivity index is 1.88. The third kappa shape index (κ3) is 7.54. The van der Waals surface area contributed by atoms with Crippen LogP contribution in [-0.4, -0.2) is 50.0 Å². The molecule has 1 saturated carbocycles. The number of benzene rings is 2. The number of halogens is 1. The van der Waals surface area contributed by atoms with Crippen molar-refractivity contribution in [1.29, 1.82) is 0 Å². The molecule has 0 heterocycles. The summed E-state index contributed by atoms with van der Waals surface area (Å²) in [6.07, 6.45) is 6.30. The molecule has 0 bridgehead atoms. The number of nitrogens with one attached hydrogen (secondary N) is 1. The molecule has 0 radical (unpaired) electrons. The molecule has 1 N–H and O–H groups in total. The molecule has 1 aliphatic carbocycles. The van der Waals surface area contributed by atoms with Gasteiger partial charge in [-0.05, 0) is 56.0 Å². The van der Waals surface area contributed by atoms with Crippen molar-refractivity contribution in [2.45, 2.75) is 64.6 Å². The lowest BCUT2D eigenvalue weighted by Crippen LogP contribution is -2.53. The summed E-state index contributed by atoms with van der Waals surface area (Å²) >= 11 is 3.36. The standard InChI is InChI=1S/C26H34BrN3O4S/c1-19-10-7-8-11-21(19)17-29(20(2)26(32)28-23-13-5-4-6-14-23)25(31)18-30(35(3,33)34)24-15-9-12-22(27)16-24/h7-12,15-16,20,23H,4-6,13-14,17-18H2,1-3H3,(H,28,32)/t20-/m1/s1. The highest BCUT2D eigenvalue weighted by atomic mass is 79.9. The van der Waals surface area contributed by atoms with Gasteiger partial charge >= 0.3 is 0 Å². The van der Waals surface area contributed by atoms with E-state index >= 15 is 0 Å². The number of amides is 2. The van der Waals surface area contributed by atoms with Gasteiger partial charge in [-0.25, -0.2) is 8.42 Å². The fourth-order valence-electron chi connectivity index (χ4n) is 4.37. The van der Waals surface area contributed by atoms with Crippen LogP contribution >= 0.6 is 15.9 Å². The Morgan fingerprint density at radius 1 is 1.09 bits per heavy atom. The van der Waals surface area contributed by atoms with Crippen LogP contribution < -0.4 is 9.62 Å².